The molecule has 0 aliphatic carbocycles. The molecule has 2 aromatic rings. The zero-order chi connectivity index (χ0) is 26.2. The van der Waals surface area contributed by atoms with E-state index in [2.05, 4.69) is 5.32 Å². The molecule has 1 atom stereocenters. The monoisotopic (exact) mass is 501 g/mol. The molecule has 0 saturated heterocycles. The van der Waals surface area contributed by atoms with Crippen LogP contribution in [0.15, 0.2) is 59.5 Å². The molecule has 1 unspecified atom stereocenters. The van der Waals surface area contributed by atoms with E-state index >= 15 is 0 Å². The van der Waals surface area contributed by atoms with E-state index in [4.69, 9.17) is 0 Å². The Morgan fingerprint density at radius 1 is 1.00 bits per heavy atom. The predicted octanol–water partition coefficient (Wildman–Crippen LogP) is 4.12. The maximum atomic E-state index is 13.4. The Morgan fingerprint density at radius 2 is 1.60 bits per heavy atom. The molecule has 1 N–H and O–H groups in total. The molecule has 0 spiro atoms. The number of carbonyl (C=O) groups is 2. The smallest absolute Gasteiger partial charge is 0.243 e. The van der Waals surface area contributed by atoms with E-state index < -0.39 is 21.6 Å². The van der Waals surface area contributed by atoms with Crippen LogP contribution in [0.3, 0.4) is 0 Å². The molecule has 2 aromatic carbocycles. The summed E-state index contributed by atoms with van der Waals surface area (Å²) in [5, 5.41) is 3.00. The molecule has 0 saturated carbocycles. The molecule has 2 rings (SSSR count). The molecule has 8 heteroatoms. The van der Waals surface area contributed by atoms with Crippen LogP contribution in [0.1, 0.15) is 58.1 Å². The van der Waals surface area contributed by atoms with Gasteiger partial charge in [-0.3, -0.25) is 9.59 Å². The molecule has 0 bridgehead atoms. The quantitative estimate of drug-likeness (QED) is 0.502. The summed E-state index contributed by atoms with van der Waals surface area (Å²) in [6.45, 7) is 10.1. The number of sulfonamides is 1. The molecule has 2 amide bonds. The standard InChI is InChI=1S/C27H39N3O4S/c1-7-24(26(32)28-27(3,4)5)30(20-22-15-12-11-14-21(22)2)25(31)18-13-19-29(6)35(33,34)23-16-9-8-10-17-23/h8-12,14-17,24H,7,13,18-20H2,1-6H3,(H,28,32). The van der Waals surface area contributed by atoms with Crippen LogP contribution in [0.5, 0.6) is 0 Å². The Labute approximate surface area is 210 Å². The van der Waals surface area contributed by atoms with Gasteiger partial charge in [0.25, 0.3) is 0 Å². The van der Waals surface area contributed by atoms with E-state index in [1.54, 1.807) is 35.2 Å². The third kappa shape index (κ3) is 8.18. The van der Waals surface area contributed by atoms with Crippen LogP contribution in [0.4, 0.5) is 0 Å². The predicted molar refractivity (Wildman–Crippen MR) is 139 cm³/mol. The first-order chi connectivity index (χ1) is 16.4. The van der Waals surface area contributed by atoms with Gasteiger partial charge in [0.05, 0.1) is 4.90 Å². The second-order valence-electron chi connectivity index (χ2n) is 9.85. The van der Waals surface area contributed by atoms with E-state index in [9.17, 15) is 18.0 Å². The largest absolute Gasteiger partial charge is 0.350 e. The summed E-state index contributed by atoms with van der Waals surface area (Å²) in [5.41, 5.74) is 1.60. The topological polar surface area (TPSA) is 86.8 Å². The minimum Gasteiger partial charge on any atom is -0.350 e. The second-order valence-corrected chi connectivity index (χ2v) is 11.9. The lowest BCUT2D eigenvalue weighted by Gasteiger charge is -2.33. The second kappa shape index (κ2) is 12.3. The lowest BCUT2D eigenvalue weighted by molar-refractivity contribution is -0.142. The SMILES string of the molecule is CCC(C(=O)NC(C)(C)C)N(Cc1ccccc1C)C(=O)CCCN(C)S(=O)(=O)c1ccccc1. The number of hydrogen-bond acceptors (Lipinski definition) is 4. The fourth-order valence-electron chi connectivity index (χ4n) is 3.83. The van der Waals surface area contributed by atoms with E-state index in [0.29, 0.717) is 19.4 Å². The van der Waals surface area contributed by atoms with Crippen molar-refractivity contribution in [3.05, 3.63) is 65.7 Å². The number of amides is 2. The molecule has 0 aliphatic rings. The molecule has 7 nitrogen and oxygen atoms in total. The Bertz CT molecular complexity index is 1090. The van der Waals surface area contributed by atoms with Gasteiger partial charge in [-0.15, -0.1) is 0 Å². The Kier molecular flexibility index (Phi) is 10.0. The van der Waals surface area contributed by atoms with Crippen LogP contribution in [0, 0.1) is 6.92 Å². The van der Waals surface area contributed by atoms with Crippen molar-refractivity contribution in [3.8, 4) is 0 Å². The normalized spacial score (nSPS) is 12.9. The molecule has 0 aliphatic heterocycles. The minimum atomic E-state index is -3.62. The van der Waals surface area contributed by atoms with E-state index in [1.807, 2.05) is 58.9 Å². The summed E-state index contributed by atoms with van der Waals surface area (Å²) in [6, 6.07) is 15.4. The summed E-state index contributed by atoms with van der Waals surface area (Å²) < 4.78 is 26.8. The van der Waals surface area contributed by atoms with Crippen molar-refractivity contribution in [1.29, 1.82) is 0 Å². The molecular formula is C27H39N3O4S. The van der Waals surface area contributed by atoms with Crippen molar-refractivity contribution in [3.63, 3.8) is 0 Å². The van der Waals surface area contributed by atoms with Crippen LogP contribution in [-0.4, -0.2) is 54.6 Å². The van der Waals surface area contributed by atoms with Crippen LogP contribution in [-0.2, 0) is 26.2 Å². The van der Waals surface area contributed by atoms with E-state index in [0.717, 1.165) is 11.1 Å². The van der Waals surface area contributed by atoms with Crippen LogP contribution < -0.4 is 5.32 Å². The Balaban J connectivity index is 2.17. The van der Waals surface area contributed by atoms with Gasteiger partial charge < -0.3 is 10.2 Å². The first kappa shape index (κ1) is 28.5. The molecule has 0 heterocycles. The summed E-state index contributed by atoms with van der Waals surface area (Å²) in [6.07, 6.45) is 0.963. The van der Waals surface area contributed by atoms with E-state index in [1.165, 1.54) is 11.4 Å². The van der Waals surface area contributed by atoms with Gasteiger partial charge in [-0.1, -0.05) is 49.4 Å². The minimum absolute atomic E-state index is 0.139. The first-order valence-corrected chi connectivity index (χ1v) is 13.5. The number of carbonyl (C=O) groups excluding carboxylic acids is 2. The third-order valence-electron chi connectivity index (χ3n) is 5.80. The Hall–Kier alpha value is -2.71. The fourth-order valence-corrected chi connectivity index (χ4v) is 5.06. The zero-order valence-corrected chi connectivity index (χ0v) is 22.6. The van der Waals surface area contributed by atoms with Crippen molar-refractivity contribution in [2.45, 2.75) is 76.9 Å². The fraction of sp³-hybridized carbons (Fsp3) is 0.481. The summed E-state index contributed by atoms with van der Waals surface area (Å²) >= 11 is 0. The van der Waals surface area contributed by atoms with Crippen molar-refractivity contribution in [1.82, 2.24) is 14.5 Å². The summed E-state index contributed by atoms with van der Waals surface area (Å²) in [7, 11) is -2.10. The van der Waals surface area contributed by atoms with Crippen LogP contribution in [0.2, 0.25) is 0 Å². The van der Waals surface area contributed by atoms with Crippen molar-refractivity contribution >= 4 is 21.8 Å². The molecule has 0 radical (unpaired) electrons. The maximum Gasteiger partial charge on any atom is 0.243 e. The van der Waals surface area contributed by atoms with E-state index in [-0.39, 0.29) is 29.7 Å². The van der Waals surface area contributed by atoms with Gasteiger partial charge >= 0.3 is 0 Å². The van der Waals surface area contributed by atoms with Gasteiger partial charge in [0.15, 0.2) is 0 Å². The molecule has 0 aromatic heterocycles. The van der Waals surface area contributed by atoms with Crippen LogP contribution >= 0.6 is 0 Å². The average molecular weight is 502 g/mol. The van der Waals surface area contributed by atoms with Crippen molar-refractivity contribution in [2.24, 2.45) is 0 Å². The van der Waals surface area contributed by atoms with Gasteiger partial charge in [0.2, 0.25) is 21.8 Å². The number of benzene rings is 2. The molecular weight excluding hydrogens is 462 g/mol. The molecule has 192 valence electrons. The number of nitrogens with zero attached hydrogens (tertiary/aromatic N) is 2. The zero-order valence-electron chi connectivity index (χ0n) is 21.7. The first-order valence-electron chi connectivity index (χ1n) is 12.0. The lowest BCUT2D eigenvalue weighted by atomic mass is 10.0. The lowest BCUT2D eigenvalue weighted by Crippen LogP contribution is -2.53. The van der Waals surface area contributed by atoms with Crippen molar-refractivity contribution < 1.29 is 18.0 Å². The van der Waals surface area contributed by atoms with Gasteiger partial charge in [-0.05, 0) is 63.8 Å². The third-order valence-corrected chi connectivity index (χ3v) is 7.67. The highest BCUT2D eigenvalue weighted by Crippen LogP contribution is 2.19. The van der Waals surface area contributed by atoms with Gasteiger partial charge in [0.1, 0.15) is 6.04 Å². The van der Waals surface area contributed by atoms with Gasteiger partial charge in [-0.25, -0.2) is 12.7 Å². The highest BCUT2D eigenvalue weighted by molar-refractivity contribution is 7.89. The number of aryl methyl sites for hydroxylation is 1. The van der Waals surface area contributed by atoms with Gasteiger partial charge in [-0.2, -0.15) is 0 Å². The highest BCUT2D eigenvalue weighted by Gasteiger charge is 2.31. The highest BCUT2D eigenvalue weighted by atomic mass is 32.2. The average Bonchev–Trinajstić information content (AvgIpc) is 2.79. The van der Waals surface area contributed by atoms with Gasteiger partial charge in [0, 0.05) is 32.1 Å². The van der Waals surface area contributed by atoms with Crippen LogP contribution in [0.25, 0.3) is 0 Å². The number of nitrogens with one attached hydrogen (secondary N) is 1. The maximum absolute atomic E-state index is 13.4. The summed E-state index contributed by atoms with van der Waals surface area (Å²) in [5.74, 6) is -0.361. The Morgan fingerprint density at radius 3 is 2.17 bits per heavy atom. The van der Waals surface area contributed by atoms with Crippen molar-refractivity contribution in [2.75, 3.05) is 13.6 Å². The molecule has 0 fully saturated rings. The number of rotatable bonds is 11. The number of hydrogen-bond donors (Lipinski definition) is 1. The summed E-state index contributed by atoms with van der Waals surface area (Å²) in [4.78, 5) is 28.4. The molecule has 35 heavy (non-hydrogen) atoms.